The molecule has 116 valence electrons. The second kappa shape index (κ2) is 8.55. The van der Waals surface area contributed by atoms with E-state index in [0.717, 1.165) is 44.6 Å². The van der Waals surface area contributed by atoms with Crippen LogP contribution in [0.15, 0.2) is 30.3 Å². The van der Waals surface area contributed by atoms with Crippen LogP contribution in [0.4, 0.5) is 10.5 Å². The molecule has 1 aromatic carbocycles. The predicted octanol–water partition coefficient (Wildman–Crippen LogP) is 3.75. The summed E-state index contributed by atoms with van der Waals surface area (Å²) in [6, 6.07) is 10.2. The normalized spacial score (nSPS) is 18.3. The number of ether oxygens (including phenoxy) is 1. The van der Waals surface area contributed by atoms with Crippen LogP contribution in [-0.4, -0.2) is 37.2 Å². The number of carbonyl (C=O) groups excluding carboxylic acids is 1. The molecule has 21 heavy (non-hydrogen) atoms. The SMILES string of the molecule is CCCCOC(=O)N1CCC[C@H](CNc2ccccc2)C1. The van der Waals surface area contributed by atoms with Crippen LogP contribution in [0, 0.1) is 5.92 Å². The maximum atomic E-state index is 12.0. The lowest BCUT2D eigenvalue weighted by molar-refractivity contribution is 0.0848. The summed E-state index contributed by atoms with van der Waals surface area (Å²) in [5.41, 5.74) is 1.14. The van der Waals surface area contributed by atoms with Gasteiger partial charge >= 0.3 is 6.09 Å². The topological polar surface area (TPSA) is 41.6 Å². The van der Waals surface area contributed by atoms with E-state index in [1.807, 2.05) is 23.1 Å². The van der Waals surface area contributed by atoms with Crippen LogP contribution >= 0.6 is 0 Å². The van der Waals surface area contributed by atoms with Crippen molar-refractivity contribution >= 4 is 11.8 Å². The van der Waals surface area contributed by atoms with Crippen molar-refractivity contribution in [3.05, 3.63) is 30.3 Å². The fraction of sp³-hybridized carbons (Fsp3) is 0.588. The molecule has 1 fully saturated rings. The molecule has 1 aliphatic heterocycles. The van der Waals surface area contributed by atoms with Crippen molar-refractivity contribution in [1.29, 1.82) is 0 Å². The van der Waals surface area contributed by atoms with Gasteiger partial charge in [-0.05, 0) is 37.3 Å². The lowest BCUT2D eigenvalue weighted by Gasteiger charge is -2.32. The number of hydrogen-bond donors (Lipinski definition) is 1. The molecule has 0 saturated carbocycles. The number of unbranched alkanes of at least 4 members (excludes halogenated alkanes) is 1. The van der Waals surface area contributed by atoms with Gasteiger partial charge in [0.2, 0.25) is 0 Å². The van der Waals surface area contributed by atoms with Crippen molar-refractivity contribution in [2.24, 2.45) is 5.92 Å². The predicted molar refractivity (Wildman–Crippen MR) is 85.5 cm³/mol. The number of amides is 1. The standard InChI is InChI=1S/C17H26N2O2/c1-2-3-12-21-17(20)19-11-7-8-15(14-19)13-18-16-9-5-4-6-10-16/h4-6,9-10,15,18H,2-3,7-8,11-14H2,1H3/t15-/m1/s1. The molecule has 2 rings (SSSR count). The first-order valence-corrected chi connectivity index (χ1v) is 8.00. The quantitative estimate of drug-likeness (QED) is 0.811. The summed E-state index contributed by atoms with van der Waals surface area (Å²) in [4.78, 5) is 13.8. The molecule has 0 unspecified atom stereocenters. The van der Waals surface area contributed by atoms with E-state index in [1.54, 1.807) is 0 Å². The molecule has 0 aromatic heterocycles. The second-order valence-corrected chi connectivity index (χ2v) is 5.67. The Morgan fingerprint density at radius 3 is 2.95 bits per heavy atom. The summed E-state index contributed by atoms with van der Waals surface area (Å²) < 4.78 is 5.30. The summed E-state index contributed by atoms with van der Waals surface area (Å²) in [6.45, 7) is 5.17. The number of para-hydroxylation sites is 1. The van der Waals surface area contributed by atoms with Gasteiger partial charge in [-0.15, -0.1) is 0 Å². The zero-order valence-corrected chi connectivity index (χ0v) is 12.9. The van der Waals surface area contributed by atoms with Crippen LogP contribution in [0.2, 0.25) is 0 Å². The Kier molecular flexibility index (Phi) is 6.38. The first-order chi connectivity index (χ1) is 10.3. The molecule has 1 heterocycles. The highest BCUT2D eigenvalue weighted by Crippen LogP contribution is 2.18. The van der Waals surface area contributed by atoms with Gasteiger partial charge in [0.05, 0.1) is 6.61 Å². The smallest absolute Gasteiger partial charge is 0.409 e. The van der Waals surface area contributed by atoms with Crippen molar-refractivity contribution < 1.29 is 9.53 Å². The van der Waals surface area contributed by atoms with E-state index in [4.69, 9.17) is 4.74 Å². The molecule has 1 atom stereocenters. The molecule has 0 bridgehead atoms. The zero-order chi connectivity index (χ0) is 14.9. The number of likely N-dealkylation sites (tertiary alicyclic amines) is 1. The maximum absolute atomic E-state index is 12.0. The van der Waals surface area contributed by atoms with Crippen molar-refractivity contribution in [1.82, 2.24) is 4.90 Å². The molecule has 1 N–H and O–H groups in total. The summed E-state index contributed by atoms with van der Waals surface area (Å²) >= 11 is 0. The first kappa shape index (κ1) is 15.7. The van der Waals surface area contributed by atoms with Crippen molar-refractivity contribution in [3.8, 4) is 0 Å². The molecule has 1 saturated heterocycles. The number of hydrogen-bond acceptors (Lipinski definition) is 3. The first-order valence-electron chi connectivity index (χ1n) is 8.00. The van der Waals surface area contributed by atoms with Gasteiger partial charge in [-0.3, -0.25) is 0 Å². The van der Waals surface area contributed by atoms with Gasteiger partial charge in [-0.25, -0.2) is 4.79 Å². The van der Waals surface area contributed by atoms with Gasteiger partial charge in [-0.2, -0.15) is 0 Å². The van der Waals surface area contributed by atoms with E-state index in [2.05, 4.69) is 24.4 Å². The number of piperidine rings is 1. The minimum absolute atomic E-state index is 0.145. The Bertz CT molecular complexity index is 422. The molecule has 1 aliphatic rings. The number of anilines is 1. The van der Waals surface area contributed by atoms with E-state index in [0.29, 0.717) is 12.5 Å². The highest BCUT2D eigenvalue weighted by Gasteiger charge is 2.24. The van der Waals surface area contributed by atoms with Crippen molar-refractivity contribution in [3.63, 3.8) is 0 Å². The Morgan fingerprint density at radius 1 is 1.38 bits per heavy atom. The third kappa shape index (κ3) is 5.29. The highest BCUT2D eigenvalue weighted by atomic mass is 16.6. The molecule has 0 radical (unpaired) electrons. The van der Waals surface area contributed by atoms with E-state index in [9.17, 15) is 4.79 Å². The minimum Gasteiger partial charge on any atom is -0.449 e. The largest absolute Gasteiger partial charge is 0.449 e. The fourth-order valence-corrected chi connectivity index (χ4v) is 2.61. The molecule has 1 aromatic rings. The van der Waals surface area contributed by atoms with Crippen LogP contribution in [-0.2, 0) is 4.74 Å². The van der Waals surface area contributed by atoms with Gasteiger partial charge in [0.15, 0.2) is 0 Å². The number of nitrogens with one attached hydrogen (secondary N) is 1. The molecule has 4 heteroatoms. The molecule has 0 spiro atoms. The number of carbonyl (C=O) groups is 1. The van der Waals surface area contributed by atoms with Crippen LogP contribution in [0.1, 0.15) is 32.6 Å². The number of benzene rings is 1. The van der Waals surface area contributed by atoms with Crippen LogP contribution in [0.3, 0.4) is 0 Å². The third-order valence-corrected chi connectivity index (χ3v) is 3.87. The van der Waals surface area contributed by atoms with Gasteiger partial charge in [0.25, 0.3) is 0 Å². The van der Waals surface area contributed by atoms with Crippen molar-refractivity contribution in [2.45, 2.75) is 32.6 Å². The Hall–Kier alpha value is -1.71. The van der Waals surface area contributed by atoms with E-state index in [1.165, 1.54) is 6.42 Å². The van der Waals surface area contributed by atoms with Gasteiger partial charge in [0.1, 0.15) is 0 Å². The maximum Gasteiger partial charge on any atom is 0.409 e. The summed E-state index contributed by atoms with van der Waals surface area (Å²) in [6.07, 6.45) is 4.07. The van der Waals surface area contributed by atoms with Gasteiger partial charge in [-0.1, -0.05) is 31.5 Å². The van der Waals surface area contributed by atoms with E-state index in [-0.39, 0.29) is 6.09 Å². The fourth-order valence-electron chi connectivity index (χ4n) is 2.61. The number of rotatable bonds is 6. The third-order valence-electron chi connectivity index (χ3n) is 3.87. The Balaban J connectivity index is 1.74. The molecule has 4 nitrogen and oxygen atoms in total. The summed E-state index contributed by atoms with van der Waals surface area (Å²) in [7, 11) is 0. The zero-order valence-electron chi connectivity index (χ0n) is 12.9. The van der Waals surface area contributed by atoms with Crippen LogP contribution in [0.5, 0.6) is 0 Å². The Morgan fingerprint density at radius 2 is 2.19 bits per heavy atom. The van der Waals surface area contributed by atoms with Crippen LogP contribution < -0.4 is 5.32 Å². The van der Waals surface area contributed by atoms with Gasteiger partial charge in [0, 0.05) is 25.3 Å². The minimum atomic E-state index is -0.145. The van der Waals surface area contributed by atoms with Crippen molar-refractivity contribution in [2.75, 3.05) is 31.6 Å². The summed E-state index contributed by atoms with van der Waals surface area (Å²) in [5, 5.41) is 3.45. The molecular weight excluding hydrogens is 264 g/mol. The lowest BCUT2D eigenvalue weighted by Crippen LogP contribution is -2.42. The van der Waals surface area contributed by atoms with E-state index >= 15 is 0 Å². The summed E-state index contributed by atoms with van der Waals surface area (Å²) in [5.74, 6) is 0.498. The molecule has 0 aliphatic carbocycles. The van der Waals surface area contributed by atoms with Crippen LogP contribution in [0.25, 0.3) is 0 Å². The van der Waals surface area contributed by atoms with E-state index < -0.39 is 0 Å². The average Bonchev–Trinajstić information content (AvgIpc) is 2.54. The number of nitrogens with zero attached hydrogens (tertiary/aromatic N) is 1. The molecular formula is C17H26N2O2. The Labute approximate surface area is 127 Å². The highest BCUT2D eigenvalue weighted by molar-refractivity contribution is 5.67. The average molecular weight is 290 g/mol. The lowest BCUT2D eigenvalue weighted by atomic mass is 9.98. The van der Waals surface area contributed by atoms with Gasteiger partial charge < -0.3 is 15.0 Å². The molecule has 1 amide bonds. The second-order valence-electron chi connectivity index (χ2n) is 5.67. The monoisotopic (exact) mass is 290 g/mol.